The van der Waals surface area contributed by atoms with Gasteiger partial charge in [-0.15, -0.1) is 0 Å². The number of methoxy groups -OCH3 is 2. The van der Waals surface area contributed by atoms with Crippen LogP contribution in [0, 0.1) is 0 Å². The van der Waals surface area contributed by atoms with Gasteiger partial charge in [0, 0.05) is 6.07 Å². The van der Waals surface area contributed by atoms with E-state index < -0.39 is 15.9 Å². The van der Waals surface area contributed by atoms with Gasteiger partial charge in [-0.25, -0.2) is 8.42 Å². The fourth-order valence-electron chi connectivity index (χ4n) is 2.61. The number of sulfonamides is 1. The van der Waals surface area contributed by atoms with Crippen LogP contribution < -0.4 is 19.1 Å². The lowest BCUT2D eigenvalue weighted by atomic mass is 10.1. The van der Waals surface area contributed by atoms with Gasteiger partial charge in [-0.3, -0.25) is 9.10 Å². The van der Waals surface area contributed by atoms with E-state index in [2.05, 4.69) is 5.32 Å². The molecule has 0 aliphatic heterocycles. The van der Waals surface area contributed by atoms with E-state index in [9.17, 15) is 13.2 Å². The van der Waals surface area contributed by atoms with E-state index in [1.165, 1.54) is 14.2 Å². The summed E-state index contributed by atoms with van der Waals surface area (Å²) in [6.45, 7) is 1.48. The lowest BCUT2D eigenvalue weighted by Gasteiger charge is -2.25. The summed E-state index contributed by atoms with van der Waals surface area (Å²) in [6, 6.07) is 13.9. The van der Waals surface area contributed by atoms with Crippen LogP contribution in [0.25, 0.3) is 0 Å². The highest BCUT2D eigenvalue weighted by Gasteiger charge is 2.25. The molecule has 7 nitrogen and oxygen atoms in total. The van der Waals surface area contributed by atoms with Crippen LogP contribution in [-0.4, -0.2) is 41.3 Å². The predicted octanol–water partition coefficient (Wildman–Crippen LogP) is 2.35. The van der Waals surface area contributed by atoms with Crippen molar-refractivity contribution in [2.24, 2.45) is 0 Å². The maximum atomic E-state index is 12.5. The molecule has 2 aromatic carbocycles. The van der Waals surface area contributed by atoms with E-state index in [1.807, 2.05) is 37.3 Å². The summed E-state index contributed by atoms with van der Waals surface area (Å²) in [5.74, 6) is 0.393. The molecule has 0 saturated heterocycles. The largest absolute Gasteiger partial charge is 0.497 e. The van der Waals surface area contributed by atoms with Crippen molar-refractivity contribution in [3.05, 3.63) is 54.1 Å². The number of ether oxygens (including phenoxy) is 2. The molecule has 0 fully saturated rings. The van der Waals surface area contributed by atoms with E-state index in [-0.39, 0.29) is 18.3 Å². The first-order valence-corrected chi connectivity index (χ1v) is 10.1. The zero-order valence-electron chi connectivity index (χ0n) is 15.8. The summed E-state index contributed by atoms with van der Waals surface area (Å²) >= 11 is 0. The standard InChI is InChI=1S/C19H24N2O5S/c1-14(15-8-6-5-7-9-15)20-19(22)13-21(27(4,23)24)17-11-10-16(25-2)12-18(17)26-3/h5-12,14H,13H2,1-4H3,(H,20,22). The Hall–Kier alpha value is -2.74. The van der Waals surface area contributed by atoms with Gasteiger partial charge in [-0.2, -0.15) is 0 Å². The maximum Gasteiger partial charge on any atom is 0.241 e. The molecule has 2 aromatic rings. The number of rotatable bonds is 8. The molecule has 0 heterocycles. The fourth-order valence-corrected chi connectivity index (χ4v) is 3.47. The molecule has 0 radical (unpaired) electrons. The molecule has 1 amide bonds. The Kier molecular flexibility index (Phi) is 6.68. The first-order chi connectivity index (χ1) is 12.8. The zero-order chi connectivity index (χ0) is 20.0. The Morgan fingerprint density at radius 1 is 1.11 bits per heavy atom. The van der Waals surface area contributed by atoms with E-state index in [0.717, 1.165) is 16.1 Å². The molecule has 0 aliphatic rings. The molecule has 0 bridgehead atoms. The average Bonchev–Trinajstić information content (AvgIpc) is 2.65. The number of carbonyl (C=O) groups is 1. The summed E-state index contributed by atoms with van der Waals surface area (Å²) in [4.78, 5) is 12.5. The van der Waals surface area contributed by atoms with Gasteiger partial charge in [0.1, 0.15) is 18.0 Å². The number of carbonyl (C=O) groups excluding carboxylic acids is 1. The van der Waals surface area contributed by atoms with Crippen LogP contribution in [-0.2, 0) is 14.8 Å². The number of benzene rings is 2. The van der Waals surface area contributed by atoms with Crippen LogP contribution in [0.2, 0.25) is 0 Å². The van der Waals surface area contributed by atoms with E-state index >= 15 is 0 Å². The third-order valence-electron chi connectivity index (χ3n) is 4.02. The molecule has 1 unspecified atom stereocenters. The van der Waals surface area contributed by atoms with Crippen molar-refractivity contribution in [2.45, 2.75) is 13.0 Å². The van der Waals surface area contributed by atoms with Crippen LogP contribution in [0.4, 0.5) is 5.69 Å². The Balaban J connectivity index is 2.24. The highest BCUT2D eigenvalue weighted by molar-refractivity contribution is 7.92. The van der Waals surface area contributed by atoms with Crippen molar-refractivity contribution < 1.29 is 22.7 Å². The van der Waals surface area contributed by atoms with Crippen molar-refractivity contribution >= 4 is 21.6 Å². The molecule has 0 aromatic heterocycles. The predicted molar refractivity (Wildman–Crippen MR) is 105 cm³/mol. The smallest absolute Gasteiger partial charge is 0.241 e. The summed E-state index contributed by atoms with van der Waals surface area (Å²) < 4.78 is 36.0. The van der Waals surface area contributed by atoms with Crippen LogP contribution in [0.3, 0.4) is 0 Å². The van der Waals surface area contributed by atoms with E-state index in [0.29, 0.717) is 11.5 Å². The highest BCUT2D eigenvalue weighted by Crippen LogP contribution is 2.33. The fraction of sp³-hybridized carbons (Fsp3) is 0.316. The molecule has 1 atom stereocenters. The highest BCUT2D eigenvalue weighted by atomic mass is 32.2. The Morgan fingerprint density at radius 3 is 2.33 bits per heavy atom. The van der Waals surface area contributed by atoms with Gasteiger partial charge in [0.05, 0.1) is 32.2 Å². The van der Waals surface area contributed by atoms with Gasteiger partial charge < -0.3 is 14.8 Å². The number of nitrogens with zero attached hydrogens (tertiary/aromatic N) is 1. The second-order valence-corrected chi connectivity index (χ2v) is 7.91. The monoisotopic (exact) mass is 392 g/mol. The summed E-state index contributed by atoms with van der Waals surface area (Å²) in [5, 5.41) is 2.82. The van der Waals surface area contributed by atoms with Crippen molar-refractivity contribution in [2.75, 3.05) is 31.3 Å². The molecule has 0 saturated carbocycles. The SMILES string of the molecule is COc1ccc(N(CC(=O)NC(C)c2ccccc2)S(C)(=O)=O)c(OC)c1. The molecular weight excluding hydrogens is 368 g/mol. The Labute approximate surface area is 160 Å². The number of hydrogen-bond donors (Lipinski definition) is 1. The molecule has 2 rings (SSSR count). The Morgan fingerprint density at radius 2 is 1.78 bits per heavy atom. The average molecular weight is 392 g/mol. The number of anilines is 1. The normalized spacial score (nSPS) is 12.1. The summed E-state index contributed by atoms with van der Waals surface area (Å²) in [6.07, 6.45) is 1.05. The van der Waals surface area contributed by atoms with E-state index in [4.69, 9.17) is 9.47 Å². The van der Waals surface area contributed by atoms with Crippen molar-refractivity contribution in [1.29, 1.82) is 0 Å². The first kappa shape index (κ1) is 20.6. The second kappa shape index (κ2) is 8.77. The van der Waals surface area contributed by atoms with Crippen LogP contribution in [0.15, 0.2) is 48.5 Å². The first-order valence-electron chi connectivity index (χ1n) is 8.30. The van der Waals surface area contributed by atoms with Gasteiger partial charge in [-0.05, 0) is 24.6 Å². The zero-order valence-corrected chi connectivity index (χ0v) is 16.6. The molecule has 0 aliphatic carbocycles. The summed E-state index contributed by atoms with van der Waals surface area (Å²) in [7, 11) is -0.786. The molecule has 146 valence electrons. The summed E-state index contributed by atoms with van der Waals surface area (Å²) in [5.41, 5.74) is 1.20. The quantitative estimate of drug-likeness (QED) is 0.745. The van der Waals surface area contributed by atoms with Crippen molar-refractivity contribution in [1.82, 2.24) is 5.32 Å². The van der Waals surface area contributed by atoms with Gasteiger partial charge >= 0.3 is 0 Å². The second-order valence-electron chi connectivity index (χ2n) is 6.01. The minimum Gasteiger partial charge on any atom is -0.497 e. The molecule has 1 N–H and O–H groups in total. The third kappa shape index (κ3) is 5.37. The Bertz CT molecular complexity index is 884. The van der Waals surface area contributed by atoms with Crippen molar-refractivity contribution in [3.63, 3.8) is 0 Å². The van der Waals surface area contributed by atoms with Gasteiger partial charge in [0.25, 0.3) is 0 Å². The molecule has 0 spiro atoms. The lowest BCUT2D eigenvalue weighted by Crippen LogP contribution is -2.41. The minimum absolute atomic E-state index is 0.252. The number of hydrogen-bond acceptors (Lipinski definition) is 5. The molecule has 8 heteroatoms. The van der Waals surface area contributed by atoms with Crippen LogP contribution >= 0.6 is 0 Å². The van der Waals surface area contributed by atoms with Gasteiger partial charge in [0.15, 0.2) is 0 Å². The third-order valence-corrected chi connectivity index (χ3v) is 5.15. The van der Waals surface area contributed by atoms with Gasteiger partial charge in [-0.1, -0.05) is 30.3 Å². The lowest BCUT2D eigenvalue weighted by molar-refractivity contribution is -0.120. The van der Waals surface area contributed by atoms with Crippen LogP contribution in [0.5, 0.6) is 11.5 Å². The number of amides is 1. The number of nitrogens with one attached hydrogen (secondary N) is 1. The van der Waals surface area contributed by atoms with E-state index in [1.54, 1.807) is 18.2 Å². The maximum absolute atomic E-state index is 12.5. The topological polar surface area (TPSA) is 84.9 Å². The minimum atomic E-state index is -3.71. The molecular formula is C19H24N2O5S. The van der Waals surface area contributed by atoms with Crippen molar-refractivity contribution in [3.8, 4) is 11.5 Å². The van der Waals surface area contributed by atoms with Gasteiger partial charge in [0.2, 0.25) is 15.9 Å². The van der Waals surface area contributed by atoms with Crippen LogP contribution in [0.1, 0.15) is 18.5 Å². The molecule has 27 heavy (non-hydrogen) atoms.